The van der Waals surface area contributed by atoms with Gasteiger partial charge in [0.25, 0.3) is 0 Å². The van der Waals surface area contributed by atoms with Crippen LogP contribution in [0.3, 0.4) is 0 Å². The molecular formula is C20H22N4O2S. The topological polar surface area (TPSA) is 69.9 Å². The molecule has 6 nitrogen and oxygen atoms in total. The lowest BCUT2D eigenvalue weighted by atomic mass is 10.0. The van der Waals surface area contributed by atoms with Gasteiger partial charge in [-0.2, -0.15) is 4.68 Å². The number of carbonyl (C=O) groups is 1. The monoisotopic (exact) mass is 382 g/mol. The zero-order valence-corrected chi connectivity index (χ0v) is 16.4. The second-order valence-corrected chi connectivity index (χ2v) is 7.23. The van der Waals surface area contributed by atoms with Gasteiger partial charge >= 0.3 is 0 Å². The van der Waals surface area contributed by atoms with Crippen molar-refractivity contribution < 1.29 is 9.53 Å². The molecule has 3 aromatic rings. The molecule has 0 saturated carbocycles. The average Bonchev–Trinajstić information content (AvgIpc) is 3.15. The maximum Gasteiger partial charge on any atom is 0.214 e. The summed E-state index contributed by atoms with van der Waals surface area (Å²) in [6.45, 7) is 6.83. The van der Waals surface area contributed by atoms with Crippen LogP contribution >= 0.6 is 11.8 Å². The van der Waals surface area contributed by atoms with Crippen LogP contribution in [0.2, 0.25) is 0 Å². The van der Waals surface area contributed by atoms with Crippen molar-refractivity contribution in [3.8, 4) is 11.4 Å². The summed E-state index contributed by atoms with van der Waals surface area (Å²) in [5, 5.41) is 12.4. The van der Waals surface area contributed by atoms with Gasteiger partial charge in [-0.25, -0.2) is 0 Å². The smallest absolute Gasteiger partial charge is 0.214 e. The second-order valence-electron chi connectivity index (χ2n) is 6.29. The third kappa shape index (κ3) is 4.74. The lowest BCUT2D eigenvalue weighted by Crippen LogP contribution is -2.05. The van der Waals surface area contributed by atoms with Crippen LogP contribution in [0.5, 0.6) is 5.75 Å². The SMILES string of the molecule is CCOc1ccc(C(=O)CSc2nnnn2-c2ccc(C(C)C)cc2)cc1. The fraction of sp³-hybridized carbons (Fsp3) is 0.300. The number of rotatable bonds is 8. The van der Waals surface area contributed by atoms with Crippen LogP contribution in [0.1, 0.15) is 42.6 Å². The minimum atomic E-state index is 0.0211. The third-order valence-electron chi connectivity index (χ3n) is 4.06. The van der Waals surface area contributed by atoms with Crippen LogP contribution in [-0.4, -0.2) is 38.4 Å². The van der Waals surface area contributed by atoms with E-state index in [-0.39, 0.29) is 11.5 Å². The molecule has 1 aromatic heterocycles. The van der Waals surface area contributed by atoms with Gasteiger partial charge in [-0.1, -0.05) is 37.7 Å². The molecule has 0 atom stereocenters. The van der Waals surface area contributed by atoms with Gasteiger partial charge in [-0.3, -0.25) is 4.79 Å². The predicted molar refractivity (Wildman–Crippen MR) is 106 cm³/mol. The maximum atomic E-state index is 12.4. The van der Waals surface area contributed by atoms with E-state index in [2.05, 4.69) is 41.5 Å². The van der Waals surface area contributed by atoms with Crippen LogP contribution in [0.15, 0.2) is 53.7 Å². The van der Waals surface area contributed by atoms with Gasteiger partial charge in [0.15, 0.2) is 5.78 Å². The highest BCUT2D eigenvalue weighted by molar-refractivity contribution is 7.99. The molecular weight excluding hydrogens is 360 g/mol. The normalized spacial score (nSPS) is 11.0. The number of aromatic nitrogens is 4. The highest BCUT2D eigenvalue weighted by atomic mass is 32.2. The molecule has 7 heteroatoms. The molecule has 0 aliphatic heterocycles. The molecule has 2 aromatic carbocycles. The van der Waals surface area contributed by atoms with Gasteiger partial charge in [0.05, 0.1) is 18.0 Å². The number of Topliss-reactive ketones (excluding diaryl/α,β-unsaturated/α-hetero) is 1. The zero-order valence-electron chi connectivity index (χ0n) is 15.6. The second kappa shape index (κ2) is 8.81. The number of tetrazole rings is 1. The molecule has 140 valence electrons. The first-order chi connectivity index (χ1) is 13.1. The third-order valence-corrected chi connectivity index (χ3v) is 4.98. The van der Waals surface area contributed by atoms with Gasteiger partial charge in [0.1, 0.15) is 5.75 Å². The van der Waals surface area contributed by atoms with Crippen molar-refractivity contribution >= 4 is 17.5 Å². The van der Waals surface area contributed by atoms with E-state index < -0.39 is 0 Å². The Hall–Kier alpha value is -2.67. The van der Waals surface area contributed by atoms with Crippen molar-refractivity contribution in [3.05, 3.63) is 59.7 Å². The fourth-order valence-corrected chi connectivity index (χ4v) is 3.33. The van der Waals surface area contributed by atoms with Crippen molar-refractivity contribution in [1.29, 1.82) is 0 Å². The fourth-order valence-electron chi connectivity index (χ4n) is 2.55. The maximum absolute atomic E-state index is 12.4. The van der Waals surface area contributed by atoms with Gasteiger partial charge in [0.2, 0.25) is 5.16 Å². The lowest BCUT2D eigenvalue weighted by Gasteiger charge is -2.08. The Morgan fingerprint density at radius 2 is 1.81 bits per heavy atom. The summed E-state index contributed by atoms with van der Waals surface area (Å²) in [5.74, 6) is 1.51. The molecule has 0 aliphatic carbocycles. The van der Waals surface area contributed by atoms with E-state index in [9.17, 15) is 4.79 Å². The summed E-state index contributed by atoms with van der Waals surface area (Å²) in [5.41, 5.74) is 2.78. The Morgan fingerprint density at radius 1 is 1.11 bits per heavy atom. The molecule has 0 radical (unpaired) electrons. The Bertz CT molecular complexity index is 889. The van der Waals surface area contributed by atoms with E-state index in [1.165, 1.54) is 17.3 Å². The number of hydrogen-bond acceptors (Lipinski definition) is 6. The van der Waals surface area contributed by atoms with Crippen LogP contribution in [-0.2, 0) is 0 Å². The molecule has 0 bridgehead atoms. The van der Waals surface area contributed by atoms with Gasteiger partial charge < -0.3 is 4.74 Å². The molecule has 1 heterocycles. The first-order valence-electron chi connectivity index (χ1n) is 8.86. The first kappa shape index (κ1) is 19.1. The molecule has 0 spiro atoms. The van der Waals surface area contributed by atoms with Crippen LogP contribution in [0.4, 0.5) is 0 Å². The van der Waals surface area contributed by atoms with Crippen molar-refractivity contribution in [2.45, 2.75) is 31.8 Å². The molecule has 0 fully saturated rings. The molecule has 0 aliphatic rings. The largest absolute Gasteiger partial charge is 0.494 e. The van der Waals surface area contributed by atoms with Crippen molar-refractivity contribution in [3.63, 3.8) is 0 Å². The van der Waals surface area contributed by atoms with Crippen LogP contribution in [0.25, 0.3) is 5.69 Å². The minimum Gasteiger partial charge on any atom is -0.494 e. The minimum absolute atomic E-state index is 0.0211. The number of thioether (sulfide) groups is 1. The molecule has 3 rings (SSSR count). The molecule has 0 N–H and O–H groups in total. The quantitative estimate of drug-likeness (QED) is 0.430. The molecule has 0 saturated heterocycles. The number of ether oxygens (including phenoxy) is 1. The summed E-state index contributed by atoms with van der Waals surface area (Å²) in [6.07, 6.45) is 0. The summed E-state index contributed by atoms with van der Waals surface area (Å²) in [6, 6.07) is 15.3. The van der Waals surface area contributed by atoms with E-state index in [1.54, 1.807) is 16.8 Å². The van der Waals surface area contributed by atoms with E-state index in [0.717, 1.165) is 11.4 Å². The number of benzene rings is 2. The molecule has 27 heavy (non-hydrogen) atoms. The Labute approximate surface area is 162 Å². The highest BCUT2D eigenvalue weighted by Crippen LogP contribution is 2.22. The highest BCUT2D eigenvalue weighted by Gasteiger charge is 2.13. The van der Waals surface area contributed by atoms with E-state index >= 15 is 0 Å². The van der Waals surface area contributed by atoms with Crippen LogP contribution < -0.4 is 4.74 Å². The molecule has 0 amide bonds. The summed E-state index contributed by atoms with van der Waals surface area (Å²) < 4.78 is 7.05. The van der Waals surface area contributed by atoms with E-state index in [0.29, 0.717) is 23.2 Å². The van der Waals surface area contributed by atoms with E-state index in [4.69, 9.17) is 4.74 Å². The predicted octanol–water partition coefficient (Wildman–Crippen LogP) is 4.16. The number of nitrogens with zero attached hydrogens (tertiary/aromatic N) is 4. The van der Waals surface area contributed by atoms with Gasteiger partial charge in [0, 0.05) is 5.56 Å². The first-order valence-corrected chi connectivity index (χ1v) is 9.84. The number of ketones is 1. The van der Waals surface area contributed by atoms with Gasteiger partial charge in [-0.15, -0.1) is 5.10 Å². The average molecular weight is 382 g/mol. The van der Waals surface area contributed by atoms with E-state index in [1.807, 2.05) is 31.2 Å². The van der Waals surface area contributed by atoms with Crippen molar-refractivity contribution in [1.82, 2.24) is 20.2 Å². The van der Waals surface area contributed by atoms with Crippen molar-refractivity contribution in [2.24, 2.45) is 0 Å². The summed E-state index contributed by atoms with van der Waals surface area (Å²) in [7, 11) is 0. The standard InChI is InChI=1S/C20H22N4O2S/c1-4-26-18-11-7-16(8-12-18)19(25)13-27-20-21-22-23-24(20)17-9-5-15(6-10-17)14(2)3/h5-12,14H,4,13H2,1-3H3. The zero-order chi connectivity index (χ0) is 19.2. The summed E-state index contributed by atoms with van der Waals surface area (Å²) in [4.78, 5) is 12.4. The Kier molecular flexibility index (Phi) is 6.24. The van der Waals surface area contributed by atoms with Crippen LogP contribution in [0, 0.1) is 0 Å². The summed E-state index contributed by atoms with van der Waals surface area (Å²) >= 11 is 1.32. The number of carbonyl (C=O) groups excluding carboxylic acids is 1. The Morgan fingerprint density at radius 3 is 2.44 bits per heavy atom. The Balaban J connectivity index is 1.66. The molecule has 0 unspecified atom stereocenters. The lowest BCUT2D eigenvalue weighted by molar-refractivity contribution is 0.102. The number of hydrogen-bond donors (Lipinski definition) is 0. The van der Waals surface area contributed by atoms with Gasteiger partial charge in [-0.05, 0) is 65.2 Å². The van der Waals surface area contributed by atoms with Crippen molar-refractivity contribution in [2.75, 3.05) is 12.4 Å².